The number of hydrogen-bond acceptors (Lipinski definition) is 4. The Balaban J connectivity index is 1.87. The fourth-order valence-corrected chi connectivity index (χ4v) is 2.74. The number of Topliss-reactive ketones (excluding diaryl/α,β-unsaturated/α-hetero) is 1. The molecule has 0 saturated carbocycles. The summed E-state index contributed by atoms with van der Waals surface area (Å²) >= 11 is 5.95. The van der Waals surface area contributed by atoms with Gasteiger partial charge >= 0.3 is 0 Å². The van der Waals surface area contributed by atoms with Crippen LogP contribution >= 0.6 is 11.6 Å². The molecule has 2 aromatic carbocycles. The lowest BCUT2D eigenvalue weighted by molar-refractivity contribution is 0.0418. The Morgan fingerprint density at radius 3 is 2.68 bits per heavy atom. The molecule has 1 aliphatic heterocycles. The average molecular weight is 319 g/mol. The molecule has 0 aromatic heterocycles. The third-order valence-corrected chi connectivity index (χ3v) is 4.04. The number of carbonyl (C=O) groups excluding carboxylic acids is 1. The van der Waals surface area contributed by atoms with Crippen LogP contribution in [0.4, 0.5) is 0 Å². The number of methoxy groups -OCH3 is 1. The molecule has 4 nitrogen and oxygen atoms in total. The molecule has 0 radical (unpaired) electrons. The van der Waals surface area contributed by atoms with E-state index in [-0.39, 0.29) is 12.4 Å². The first-order chi connectivity index (χ1) is 10.6. The summed E-state index contributed by atoms with van der Waals surface area (Å²) in [5.41, 5.74) is 1.06. The SMILES string of the molecule is COc1ccc(C(=O)C2COc3ccc(Cl)cc3C2O)cc1. The van der Waals surface area contributed by atoms with Crippen molar-refractivity contribution in [2.75, 3.05) is 13.7 Å². The highest BCUT2D eigenvalue weighted by Gasteiger charge is 2.35. The largest absolute Gasteiger partial charge is 0.497 e. The van der Waals surface area contributed by atoms with Crippen molar-refractivity contribution in [3.63, 3.8) is 0 Å². The Morgan fingerprint density at radius 2 is 2.00 bits per heavy atom. The van der Waals surface area contributed by atoms with Crippen LogP contribution in [-0.2, 0) is 0 Å². The Morgan fingerprint density at radius 1 is 1.27 bits per heavy atom. The van der Waals surface area contributed by atoms with E-state index in [4.69, 9.17) is 21.1 Å². The molecular formula is C17H15ClO4. The second kappa shape index (κ2) is 5.99. The second-order valence-corrected chi connectivity index (χ2v) is 5.57. The summed E-state index contributed by atoms with van der Waals surface area (Å²) in [4.78, 5) is 12.6. The summed E-state index contributed by atoms with van der Waals surface area (Å²) in [6.45, 7) is 0.140. The van der Waals surface area contributed by atoms with Gasteiger partial charge in [0.05, 0.1) is 19.1 Å². The lowest BCUT2D eigenvalue weighted by Crippen LogP contribution is -2.32. The van der Waals surface area contributed by atoms with E-state index in [2.05, 4.69) is 0 Å². The van der Waals surface area contributed by atoms with E-state index < -0.39 is 12.0 Å². The maximum absolute atomic E-state index is 12.6. The number of rotatable bonds is 3. The van der Waals surface area contributed by atoms with Gasteiger partial charge < -0.3 is 14.6 Å². The van der Waals surface area contributed by atoms with Crippen LogP contribution in [0.15, 0.2) is 42.5 Å². The van der Waals surface area contributed by atoms with Crippen LogP contribution < -0.4 is 9.47 Å². The zero-order valence-electron chi connectivity index (χ0n) is 12.0. The highest BCUT2D eigenvalue weighted by Crippen LogP contribution is 2.38. The van der Waals surface area contributed by atoms with Gasteiger partial charge in [0, 0.05) is 16.1 Å². The summed E-state index contributed by atoms with van der Waals surface area (Å²) in [6, 6.07) is 11.8. The van der Waals surface area contributed by atoms with Gasteiger partial charge in [-0.2, -0.15) is 0 Å². The van der Waals surface area contributed by atoms with Gasteiger partial charge in [-0.3, -0.25) is 4.79 Å². The standard InChI is InChI=1S/C17H15ClO4/c1-21-12-5-2-10(3-6-12)16(19)14-9-22-15-7-4-11(18)8-13(15)17(14)20/h2-8,14,17,20H,9H2,1H3. The highest BCUT2D eigenvalue weighted by atomic mass is 35.5. The van der Waals surface area contributed by atoms with Crippen molar-refractivity contribution >= 4 is 17.4 Å². The summed E-state index contributed by atoms with van der Waals surface area (Å²) in [5, 5.41) is 11.0. The first-order valence-corrected chi connectivity index (χ1v) is 7.26. The fraction of sp³-hybridized carbons (Fsp3) is 0.235. The zero-order valence-corrected chi connectivity index (χ0v) is 12.7. The smallest absolute Gasteiger partial charge is 0.172 e. The average Bonchev–Trinajstić information content (AvgIpc) is 2.55. The minimum Gasteiger partial charge on any atom is -0.497 e. The molecule has 3 rings (SSSR count). The van der Waals surface area contributed by atoms with E-state index in [1.807, 2.05) is 0 Å². The molecule has 114 valence electrons. The lowest BCUT2D eigenvalue weighted by atomic mass is 9.87. The minimum atomic E-state index is -0.933. The monoisotopic (exact) mass is 318 g/mol. The number of aliphatic hydroxyl groups excluding tert-OH is 1. The van der Waals surface area contributed by atoms with Crippen molar-refractivity contribution in [3.05, 3.63) is 58.6 Å². The number of fused-ring (bicyclic) bond motifs is 1. The number of hydrogen-bond donors (Lipinski definition) is 1. The Labute approximate surface area is 133 Å². The van der Waals surface area contributed by atoms with Crippen molar-refractivity contribution in [2.45, 2.75) is 6.10 Å². The first kappa shape index (κ1) is 14.9. The predicted molar refractivity (Wildman–Crippen MR) is 82.7 cm³/mol. The lowest BCUT2D eigenvalue weighted by Gasteiger charge is -2.29. The zero-order chi connectivity index (χ0) is 15.7. The molecule has 1 heterocycles. The van der Waals surface area contributed by atoms with Gasteiger partial charge in [-0.05, 0) is 42.5 Å². The second-order valence-electron chi connectivity index (χ2n) is 5.14. The summed E-state index contributed by atoms with van der Waals surface area (Å²) in [7, 11) is 1.57. The molecule has 2 unspecified atom stereocenters. The van der Waals surface area contributed by atoms with E-state index in [0.717, 1.165) is 0 Å². The Hall–Kier alpha value is -2.04. The van der Waals surface area contributed by atoms with E-state index in [1.165, 1.54) is 0 Å². The topological polar surface area (TPSA) is 55.8 Å². The van der Waals surface area contributed by atoms with Crippen LogP contribution in [-0.4, -0.2) is 24.6 Å². The maximum Gasteiger partial charge on any atom is 0.172 e. The van der Waals surface area contributed by atoms with Gasteiger partial charge in [0.25, 0.3) is 0 Å². The first-order valence-electron chi connectivity index (χ1n) is 6.88. The summed E-state index contributed by atoms with van der Waals surface area (Å²) < 4.78 is 10.7. The normalized spacial score (nSPS) is 20.0. The van der Waals surface area contributed by atoms with Crippen molar-refractivity contribution in [2.24, 2.45) is 5.92 Å². The summed E-state index contributed by atoms with van der Waals surface area (Å²) in [6.07, 6.45) is -0.933. The van der Waals surface area contributed by atoms with Crippen LogP contribution in [0.2, 0.25) is 5.02 Å². The third kappa shape index (κ3) is 2.67. The van der Waals surface area contributed by atoms with Gasteiger partial charge in [0.15, 0.2) is 5.78 Å². The molecule has 0 amide bonds. The number of aliphatic hydroxyl groups is 1. The molecule has 2 aromatic rings. The number of ketones is 1. The minimum absolute atomic E-state index is 0.140. The molecule has 22 heavy (non-hydrogen) atoms. The Bertz CT molecular complexity index is 696. The molecule has 2 atom stereocenters. The number of halogens is 1. The van der Waals surface area contributed by atoms with Crippen LogP contribution in [0.5, 0.6) is 11.5 Å². The quantitative estimate of drug-likeness (QED) is 0.882. The van der Waals surface area contributed by atoms with E-state index in [9.17, 15) is 9.90 Å². The van der Waals surface area contributed by atoms with Gasteiger partial charge in [0.2, 0.25) is 0 Å². The fourth-order valence-electron chi connectivity index (χ4n) is 2.56. The Kier molecular flexibility index (Phi) is 4.05. The van der Waals surface area contributed by atoms with Crippen LogP contribution in [0.1, 0.15) is 22.0 Å². The van der Waals surface area contributed by atoms with E-state index in [0.29, 0.717) is 27.6 Å². The van der Waals surface area contributed by atoms with Crippen molar-refractivity contribution in [1.29, 1.82) is 0 Å². The van der Waals surface area contributed by atoms with Crippen LogP contribution in [0.3, 0.4) is 0 Å². The van der Waals surface area contributed by atoms with Gasteiger partial charge in [-0.15, -0.1) is 0 Å². The molecule has 1 aliphatic rings. The predicted octanol–water partition coefficient (Wildman–Crippen LogP) is 3.27. The van der Waals surface area contributed by atoms with Gasteiger partial charge in [-0.1, -0.05) is 11.6 Å². The molecule has 1 N–H and O–H groups in total. The number of benzene rings is 2. The maximum atomic E-state index is 12.6. The van der Waals surface area contributed by atoms with Gasteiger partial charge in [0.1, 0.15) is 18.1 Å². The molecule has 0 fully saturated rings. The molecule has 5 heteroatoms. The number of ether oxygens (including phenoxy) is 2. The highest BCUT2D eigenvalue weighted by molar-refractivity contribution is 6.30. The molecule has 0 aliphatic carbocycles. The van der Waals surface area contributed by atoms with Crippen LogP contribution in [0.25, 0.3) is 0 Å². The van der Waals surface area contributed by atoms with E-state index in [1.54, 1.807) is 49.6 Å². The molecular weight excluding hydrogens is 304 g/mol. The van der Waals surface area contributed by atoms with Crippen molar-refractivity contribution in [3.8, 4) is 11.5 Å². The van der Waals surface area contributed by atoms with E-state index >= 15 is 0 Å². The molecule has 0 bridgehead atoms. The number of carbonyl (C=O) groups is 1. The van der Waals surface area contributed by atoms with Crippen molar-refractivity contribution < 1.29 is 19.4 Å². The summed E-state index contributed by atoms with van der Waals surface area (Å²) in [5.74, 6) is 0.421. The van der Waals surface area contributed by atoms with Crippen molar-refractivity contribution in [1.82, 2.24) is 0 Å². The van der Waals surface area contributed by atoms with Gasteiger partial charge in [-0.25, -0.2) is 0 Å². The molecule has 0 spiro atoms. The molecule has 0 saturated heterocycles. The third-order valence-electron chi connectivity index (χ3n) is 3.80. The van der Waals surface area contributed by atoms with Crippen LogP contribution in [0, 0.1) is 5.92 Å².